The van der Waals surface area contributed by atoms with Crippen LogP contribution in [0, 0.1) is 0 Å². The fourth-order valence-corrected chi connectivity index (χ4v) is 3.03. The molecule has 8 heteroatoms. The molecular weight excluding hydrogens is 364 g/mol. The van der Waals surface area contributed by atoms with Crippen molar-refractivity contribution in [2.75, 3.05) is 20.3 Å². The maximum atomic E-state index is 12.7. The van der Waals surface area contributed by atoms with Crippen molar-refractivity contribution in [3.05, 3.63) is 64.1 Å². The summed E-state index contributed by atoms with van der Waals surface area (Å²) in [6.07, 6.45) is 0. The molecule has 0 fully saturated rings. The molecule has 3 aromatic rings. The number of rotatable bonds is 4. The monoisotopic (exact) mass is 380 g/mol. The van der Waals surface area contributed by atoms with E-state index < -0.39 is 11.5 Å². The maximum Gasteiger partial charge on any atom is 0.359 e. The molecule has 0 aliphatic carbocycles. The molecule has 0 amide bonds. The van der Waals surface area contributed by atoms with Crippen LogP contribution in [-0.4, -0.2) is 41.9 Å². The van der Waals surface area contributed by atoms with Crippen LogP contribution in [0.1, 0.15) is 20.8 Å². The summed E-state index contributed by atoms with van der Waals surface area (Å²) in [5.41, 5.74) is -0.132. The Morgan fingerprint density at radius 2 is 1.79 bits per heavy atom. The van der Waals surface area contributed by atoms with E-state index in [4.69, 9.17) is 14.2 Å². The van der Waals surface area contributed by atoms with Crippen LogP contribution in [-0.2, 0) is 11.3 Å². The lowest BCUT2D eigenvalue weighted by Crippen LogP contribution is -2.29. The molecule has 0 saturated carbocycles. The molecule has 1 aromatic heterocycles. The molecule has 0 radical (unpaired) electrons. The summed E-state index contributed by atoms with van der Waals surface area (Å²) in [5, 5.41) is 4.74. The minimum absolute atomic E-state index is 0.0207. The molecule has 0 saturated heterocycles. The first-order valence-electron chi connectivity index (χ1n) is 8.59. The number of fused-ring (bicyclic) bond motifs is 2. The van der Waals surface area contributed by atoms with Gasteiger partial charge in [-0.2, -0.15) is 5.10 Å². The van der Waals surface area contributed by atoms with Crippen LogP contribution in [0.5, 0.6) is 11.5 Å². The first kappa shape index (κ1) is 17.7. The maximum absolute atomic E-state index is 12.7. The molecule has 0 bridgehead atoms. The van der Waals surface area contributed by atoms with E-state index in [0.29, 0.717) is 35.7 Å². The van der Waals surface area contributed by atoms with Crippen molar-refractivity contribution in [1.82, 2.24) is 9.78 Å². The van der Waals surface area contributed by atoms with Crippen LogP contribution < -0.4 is 15.0 Å². The first-order chi connectivity index (χ1) is 13.6. The number of carbonyl (C=O) groups excluding carboxylic acids is 2. The van der Waals surface area contributed by atoms with Gasteiger partial charge >= 0.3 is 5.97 Å². The number of carbonyl (C=O) groups is 2. The van der Waals surface area contributed by atoms with Gasteiger partial charge in [0, 0.05) is 10.9 Å². The molecule has 28 heavy (non-hydrogen) atoms. The summed E-state index contributed by atoms with van der Waals surface area (Å²) in [6.45, 7) is 0.527. The fraction of sp³-hybridized carbons (Fsp3) is 0.200. The van der Waals surface area contributed by atoms with Crippen LogP contribution >= 0.6 is 0 Å². The Bertz CT molecular complexity index is 1150. The number of esters is 1. The van der Waals surface area contributed by atoms with Crippen molar-refractivity contribution >= 4 is 22.5 Å². The van der Waals surface area contributed by atoms with Crippen molar-refractivity contribution in [2.24, 2.45) is 0 Å². The van der Waals surface area contributed by atoms with Gasteiger partial charge in [-0.15, -0.1) is 0 Å². The number of benzene rings is 2. The highest BCUT2D eigenvalue weighted by Crippen LogP contribution is 2.30. The molecule has 4 rings (SSSR count). The molecule has 1 aliphatic heterocycles. The predicted molar refractivity (Wildman–Crippen MR) is 99.1 cm³/mol. The van der Waals surface area contributed by atoms with E-state index in [9.17, 15) is 14.4 Å². The fourth-order valence-electron chi connectivity index (χ4n) is 3.03. The smallest absolute Gasteiger partial charge is 0.359 e. The van der Waals surface area contributed by atoms with Gasteiger partial charge in [0.05, 0.1) is 12.5 Å². The number of ether oxygens (including phenoxy) is 3. The van der Waals surface area contributed by atoms with Gasteiger partial charge in [-0.3, -0.25) is 9.59 Å². The van der Waals surface area contributed by atoms with Gasteiger partial charge in [-0.05, 0) is 24.3 Å². The zero-order valence-corrected chi connectivity index (χ0v) is 15.0. The Morgan fingerprint density at radius 3 is 2.54 bits per heavy atom. The third kappa shape index (κ3) is 3.09. The quantitative estimate of drug-likeness (QED) is 0.503. The molecule has 0 unspecified atom stereocenters. The molecule has 0 N–H and O–H groups in total. The lowest BCUT2D eigenvalue weighted by molar-refractivity contribution is 0.0592. The highest BCUT2D eigenvalue weighted by Gasteiger charge is 2.20. The van der Waals surface area contributed by atoms with Gasteiger partial charge in [-0.1, -0.05) is 18.2 Å². The molecule has 1 aliphatic rings. The van der Waals surface area contributed by atoms with E-state index in [1.807, 2.05) is 0 Å². The Morgan fingerprint density at radius 1 is 1.07 bits per heavy atom. The molecule has 0 atom stereocenters. The molecule has 2 aromatic carbocycles. The molecule has 0 spiro atoms. The summed E-state index contributed by atoms with van der Waals surface area (Å²) in [4.78, 5) is 37.6. The van der Waals surface area contributed by atoms with E-state index in [2.05, 4.69) is 5.10 Å². The molecule has 8 nitrogen and oxygen atoms in total. The van der Waals surface area contributed by atoms with Crippen molar-refractivity contribution < 1.29 is 23.8 Å². The highest BCUT2D eigenvalue weighted by atomic mass is 16.6. The Labute approximate surface area is 159 Å². The van der Waals surface area contributed by atoms with Crippen LogP contribution in [0.3, 0.4) is 0 Å². The van der Waals surface area contributed by atoms with Gasteiger partial charge in [0.2, 0.25) is 0 Å². The first-order valence-corrected chi connectivity index (χ1v) is 8.59. The average molecular weight is 380 g/mol. The molecule has 2 heterocycles. The van der Waals surface area contributed by atoms with Crippen LogP contribution in [0.2, 0.25) is 0 Å². The number of hydrogen-bond acceptors (Lipinski definition) is 7. The average Bonchev–Trinajstić information content (AvgIpc) is 2.74. The lowest BCUT2D eigenvalue weighted by Gasteiger charge is -2.18. The van der Waals surface area contributed by atoms with E-state index in [0.717, 1.165) is 4.68 Å². The third-order valence-electron chi connectivity index (χ3n) is 4.40. The summed E-state index contributed by atoms with van der Waals surface area (Å²) >= 11 is 0. The number of ketones is 1. The second kappa shape index (κ2) is 7.15. The zero-order chi connectivity index (χ0) is 19.7. The van der Waals surface area contributed by atoms with Gasteiger partial charge in [0.15, 0.2) is 23.0 Å². The number of aromatic nitrogens is 2. The third-order valence-corrected chi connectivity index (χ3v) is 4.40. The van der Waals surface area contributed by atoms with Crippen molar-refractivity contribution in [2.45, 2.75) is 6.54 Å². The Kier molecular flexibility index (Phi) is 4.52. The topological polar surface area (TPSA) is 96.7 Å². The number of nitrogens with zero attached hydrogens (tertiary/aromatic N) is 2. The Balaban J connectivity index is 1.73. The van der Waals surface area contributed by atoms with Crippen LogP contribution in [0.25, 0.3) is 10.8 Å². The molecule has 142 valence electrons. The van der Waals surface area contributed by atoms with Crippen molar-refractivity contribution in [3.8, 4) is 11.5 Å². The standard InChI is InChI=1S/C20H16N2O6/c1-26-20(25)18-13-4-2-3-5-14(13)19(24)22(21-18)11-15(23)12-6-7-16-17(10-12)28-9-8-27-16/h2-7,10H,8-9,11H2,1H3. The summed E-state index contributed by atoms with van der Waals surface area (Å²) in [6, 6.07) is 11.4. The van der Waals surface area contributed by atoms with Gasteiger partial charge < -0.3 is 14.2 Å². The van der Waals surface area contributed by atoms with Gasteiger partial charge in [0.25, 0.3) is 5.56 Å². The summed E-state index contributed by atoms with van der Waals surface area (Å²) < 4.78 is 16.7. The minimum Gasteiger partial charge on any atom is -0.486 e. The second-order valence-corrected chi connectivity index (χ2v) is 6.13. The van der Waals surface area contributed by atoms with Crippen LogP contribution in [0.15, 0.2) is 47.3 Å². The van der Waals surface area contributed by atoms with E-state index in [1.54, 1.807) is 42.5 Å². The normalized spacial score (nSPS) is 12.6. The van der Waals surface area contributed by atoms with E-state index >= 15 is 0 Å². The number of Topliss-reactive ketones (excluding diaryl/α,β-unsaturated/α-hetero) is 1. The largest absolute Gasteiger partial charge is 0.486 e. The van der Waals surface area contributed by atoms with Crippen molar-refractivity contribution in [3.63, 3.8) is 0 Å². The SMILES string of the molecule is COC(=O)c1nn(CC(=O)c2ccc3c(c2)OCCO3)c(=O)c2ccccc12. The minimum atomic E-state index is -0.684. The van der Waals surface area contributed by atoms with Crippen LogP contribution in [0.4, 0.5) is 0 Å². The van der Waals surface area contributed by atoms with Crippen molar-refractivity contribution in [1.29, 1.82) is 0 Å². The Hall–Kier alpha value is -3.68. The highest BCUT2D eigenvalue weighted by molar-refractivity contribution is 6.02. The molecular formula is C20H16N2O6. The predicted octanol–water partition coefficient (Wildman–Crippen LogP) is 1.84. The number of methoxy groups -OCH3 is 1. The van der Waals surface area contributed by atoms with Gasteiger partial charge in [0.1, 0.15) is 19.8 Å². The summed E-state index contributed by atoms with van der Waals surface area (Å²) in [5.74, 6) is 0.0114. The van der Waals surface area contributed by atoms with E-state index in [1.165, 1.54) is 7.11 Å². The second-order valence-electron chi connectivity index (χ2n) is 6.13. The lowest BCUT2D eigenvalue weighted by atomic mass is 10.1. The number of hydrogen-bond donors (Lipinski definition) is 0. The zero-order valence-electron chi connectivity index (χ0n) is 15.0. The van der Waals surface area contributed by atoms with E-state index in [-0.39, 0.29) is 23.4 Å². The summed E-state index contributed by atoms with van der Waals surface area (Å²) in [7, 11) is 1.23. The van der Waals surface area contributed by atoms with Gasteiger partial charge in [-0.25, -0.2) is 9.48 Å².